The zero-order chi connectivity index (χ0) is 15.1. The third-order valence-electron chi connectivity index (χ3n) is 2.92. The van der Waals surface area contributed by atoms with Gasteiger partial charge in [0.25, 0.3) is 0 Å². The van der Waals surface area contributed by atoms with Crippen molar-refractivity contribution < 1.29 is 9.47 Å². The van der Waals surface area contributed by atoms with Crippen LogP contribution in [0.1, 0.15) is 12.5 Å². The van der Waals surface area contributed by atoms with E-state index < -0.39 is 0 Å². The van der Waals surface area contributed by atoms with Crippen molar-refractivity contribution in [2.45, 2.75) is 19.4 Å². The summed E-state index contributed by atoms with van der Waals surface area (Å²) in [4.78, 5) is 0. The van der Waals surface area contributed by atoms with Gasteiger partial charge >= 0.3 is 0 Å². The molecule has 112 valence electrons. The van der Waals surface area contributed by atoms with Crippen molar-refractivity contribution in [2.75, 3.05) is 13.2 Å². The maximum Gasteiger partial charge on any atom is 0.122 e. The summed E-state index contributed by atoms with van der Waals surface area (Å²) < 4.78 is 12.5. The molecular weight excluding hydrogens is 330 g/mol. The Morgan fingerprint density at radius 3 is 2.57 bits per heavy atom. The smallest absolute Gasteiger partial charge is 0.122 e. The number of halogens is 1. The minimum Gasteiger partial charge on any atom is -0.490 e. The van der Waals surface area contributed by atoms with Crippen LogP contribution >= 0.6 is 15.9 Å². The molecule has 4 heteroatoms. The van der Waals surface area contributed by atoms with E-state index in [0.717, 1.165) is 28.0 Å². The highest BCUT2D eigenvalue weighted by atomic mass is 79.9. The third-order valence-corrected chi connectivity index (χ3v) is 3.41. The average Bonchev–Trinajstić information content (AvgIpc) is 2.45. The molecule has 3 nitrogen and oxygen atoms in total. The summed E-state index contributed by atoms with van der Waals surface area (Å²) in [6.07, 6.45) is 0.808. The molecule has 0 aliphatic rings. The van der Waals surface area contributed by atoms with E-state index in [1.54, 1.807) is 0 Å². The average molecular weight is 350 g/mol. The first kappa shape index (κ1) is 15.9. The monoisotopic (exact) mass is 349 g/mol. The second kappa shape index (κ2) is 8.05. The van der Waals surface area contributed by atoms with Gasteiger partial charge in [-0.2, -0.15) is 0 Å². The Balaban J connectivity index is 1.83. The number of hydrogen-bond acceptors (Lipinski definition) is 3. The number of rotatable bonds is 7. The lowest BCUT2D eigenvalue weighted by Crippen LogP contribution is -2.18. The van der Waals surface area contributed by atoms with Crippen LogP contribution in [0.15, 0.2) is 53.0 Å². The van der Waals surface area contributed by atoms with Crippen LogP contribution in [0.5, 0.6) is 11.5 Å². The van der Waals surface area contributed by atoms with Crippen molar-refractivity contribution in [3.63, 3.8) is 0 Å². The van der Waals surface area contributed by atoms with Crippen molar-refractivity contribution in [3.05, 3.63) is 58.6 Å². The van der Waals surface area contributed by atoms with Gasteiger partial charge in [0.05, 0.1) is 0 Å². The highest BCUT2D eigenvalue weighted by Crippen LogP contribution is 2.20. The maximum atomic E-state index is 5.85. The molecule has 0 saturated carbocycles. The van der Waals surface area contributed by atoms with Gasteiger partial charge in [0.1, 0.15) is 24.7 Å². The second-order valence-electron chi connectivity index (χ2n) is 4.94. The SMILES string of the molecule is CC(N)Cc1ccccc1OCCOc1cccc(Br)c1. The van der Waals surface area contributed by atoms with Crippen LogP contribution in [0.25, 0.3) is 0 Å². The number of ether oxygens (including phenoxy) is 2. The Hall–Kier alpha value is -1.52. The Labute approximate surface area is 134 Å². The van der Waals surface area contributed by atoms with Gasteiger partial charge < -0.3 is 15.2 Å². The molecule has 1 atom stereocenters. The van der Waals surface area contributed by atoms with Crippen LogP contribution < -0.4 is 15.2 Å². The molecule has 0 saturated heterocycles. The molecule has 1 unspecified atom stereocenters. The molecule has 0 fully saturated rings. The van der Waals surface area contributed by atoms with Gasteiger partial charge in [0, 0.05) is 10.5 Å². The molecule has 0 radical (unpaired) electrons. The summed E-state index contributed by atoms with van der Waals surface area (Å²) in [6, 6.07) is 15.9. The maximum absolute atomic E-state index is 5.85. The van der Waals surface area contributed by atoms with Crippen molar-refractivity contribution in [1.82, 2.24) is 0 Å². The predicted molar refractivity (Wildman–Crippen MR) is 88.9 cm³/mol. The van der Waals surface area contributed by atoms with E-state index in [-0.39, 0.29) is 6.04 Å². The lowest BCUT2D eigenvalue weighted by atomic mass is 10.1. The summed E-state index contributed by atoms with van der Waals surface area (Å²) in [5, 5.41) is 0. The third kappa shape index (κ3) is 5.40. The van der Waals surface area contributed by atoms with Gasteiger partial charge in [-0.15, -0.1) is 0 Å². The van der Waals surface area contributed by atoms with Gasteiger partial charge in [-0.25, -0.2) is 0 Å². The summed E-state index contributed by atoms with van der Waals surface area (Å²) in [7, 11) is 0. The van der Waals surface area contributed by atoms with E-state index in [9.17, 15) is 0 Å². The van der Waals surface area contributed by atoms with E-state index >= 15 is 0 Å². The Morgan fingerprint density at radius 2 is 1.81 bits per heavy atom. The van der Waals surface area contributed by atoms with Gasteiger partial charge in [0.15, 0.2) is 0 Å². The standard InChI is InChI=1S/C17H20BrNO2/c1-13(19)11-14-5-2-3-8-17(14)21-10-9-20-16-7-4-6-15(18)12-16/h2-8,12-13H,9-11,19H2,1H3. The Bertz CT molecular complexity index is 572. The fourth-order valence-corrected chi connectivity index (χ4v) is 2.41. The molecule has 21 heavy (non-hydrogen) atoms. The zero-order valence-electron chi connectivity index (χ0n) is 12.1. The molecule has 2 rings (SSSR count). The van der Waals surface area contributed by atoms with Gasteiger partial charge in [-0.3, -0.25) is 0 Å². The number of hydrogen-bond donors (Lipinski definition) is 1. The number of nitrogens with two attached hydrogens (primary N) is 1. The fourth-order valence-electron chi connectivity index (χ4n) is 2.03. The largest absolute Gasteiger partial charge is 0.490 e. The number of benzene rings is 2. The van der Waals surface area contributed by atoms with Crippen LogP contribution in [-0.2, 0) is 6.42 Å². The fraction of sp³-hybridized carbons (Fsp3) is 0.294. The second-order valence-corrected chi connectivity index (χ2v) is 5.86. The quantitative estimate of drug-likeness (QED) is 0.773. The summed E-state index contributed by atoms with van der Waals surface area (Å²) in [6.45, 7) is 3.00. The number of para-hydroxylation sites is 1. The predicted octanol–water partition coefficient (Wildman–Crippen LogP) is 3.80. The van der Waals surface area contributed by atoms with Crippen LogP contribution in [0.3, 0.4) is 0 Å². The highest BCUT2D eigenvalue weighted by molar-refractivity contribution is 9.10. The minimum atomic E-state index is 0.118. The van der Waals surface area contributed by atoms with E-state index in [4.69, 9.17) is 15.2 Å². The lowest BCUT2D eigenvalue weighted by molar-refractivity contribution is 0.215. The minimum absolute atomic E-state index is 0.118. The van der Waals surface area contributed by atoms with Gasteiger partial charge in [0.2, 0.25) is 0 Å². The summed E-state index contributed by atoms with van der Waals surface area (Å²) in [5.41, 5.74) is 6.99. The normalized spacial score (nSPS) is 12.0. The molecule has 0 amide bonds. The molecule has 2 aromatic carbocycles. The van der Waals surface area contributed by atoms with E-state index in [1.165, 1.54) is 0 Å². The van der Waals surface area contributed by atoms with Crippen LogP contribution in [0, 0.1) is 0 Å². The first-order valence-electron chi connectivity index (χ1n) is 7.00. The lowest BCUT2D eigenvalue weighted by Gasteiger charge is -2.13. The van der Waals surface area contributed by atoms with E-state index in [0.29, 0.717) is 13.2 Å². The molecule has 0 spiro atoms. The summed E-state index contributed by atoms with van der Waals surface area (Å²) in [5.74, 6) is 1.71. The van der Waals surface area contributed by atoms with Crippen LogP contribution in [0.4, 0.5) is 0 Å². The Kier molecular flexibility index (Phi) is 6.08. The molecule has 0 aromatic heterocycles. The zero-order valence-corrected chi connectivity index (χ0v) is 13.7. The molecule has 2 N–H and O–H groups in total. The van der Waals surface area contributed by atoms with Gasteiger partial charge in [-0.05, 0) is 43.2 Å². The topological polar surface area (TPSA) is 44.5 Å². The van der Waals surface area contributed by atoms with E-state index in [2.05, 4.69) is 15.9 Å². The van der Waals surface area contributed by atoms with Crippen molar-refractivity contribution in [3.8, 4) is 11.5 Å². The molecule has 2 aromatic rings. The molecule has 0 aliphatic heterocycles. The summed E-state index contributed by atoms with van der Waals surface area (Å²) >= 11 is 3.42. The van der Waals surface area contributed by atoms with Crippen LogP contribution in [-0.4, -0.2) is 19.3 Å². The van der Waals surface area contributed by atoms with Crippen LogP contribution in [0.2, 0.25) is 0 Å². The van der Waals surface area contributed by atoms with Crippen molar-refractivity contribution in [2.24, 2.45) is 5.73 Å². The highest BCUT2D eigenvalue weighted by Gasteiger charge is 2.05. The molecule has 0 bridgehead atoms. The first-order valence-corrected chi connectivity index (χ1v) is 7.79. The van der Waals surface area contributed by atoms with Crippen molar-refractivity contribution in [1.29, 1.82) is 0 Å². The first-order chi connectivity index (χ1) is 10.1. The molecular formula is C17H20BrNO2. The molecule has 0 aliphatic carbocycles. The van der Waals surface area contributed by atoms with E-state index in [1.807, 2.05) is 55.5 Å². The Morgan fingerprint density at radius 1 is 1.05 bits per heavy atom. The molecule has 0 heterocycles. The van der Waals surface area contributed by atoms with Gasteiger partial charge in [-0.1, -0.05) is 40.2 Å². The van der Waals surface area contributed by atoms with Crippen molar-refractivity contribution >= 4 is 15.9 Å².